The van der Waals surface area contributed by atoms with Crippen LogP contribution in [0.3, 0.4) is 0 Å². The van der Waals surface area contributed by atoms with Crippen LogP contribution in [0.25, 0.3) is 11.1 Å². The predicted molar refractivity (Wildman–Crippen MR) is 84.9 cm³/mol. The molecule has 5 heteroatoms. The Morgan fingerprint density at radius 2 is 2.00 bits per heavy atom. The van der Waals surface area contributed by atoms with Gasteiger partial charge in [0.1, 0.15) is 5.82 Å². The van der Waals surface area contributed by atoms with Gasteiger partial charge in [0.2, 0.25) is 0 Å². The van der Waals surface area contributed by atoms with Gasteiger partial charge in [0.25, 0.3) is 5.91 Å². The van der Waals surface area contributed by atoms with Gasteiger partial charge in [-0.25, -0.2) is 4.39 Å². The topological polar surface area (TPSA) is 70.1 Å². The van der Waals surface area contributed by atoms with Crippen molar-refractivity contribution in [1.82, 2.24) is 4.90 Å². The van der Waals surface area contributed by atoms with Crippen molar-refractivity contribution in [2.75, 3.05) is 7.05 Å². The van der Waals surface area contributed by atoms with Gasteiger partial charge in [0.05, 0.1) is 12.1 Å². The molecule has 1 aliphatic rings. The van der Waals surface area contributed by atoms with Crippen LogP contribution in [0.5, 0.6) is 0 Å². The van der Waals surface area contributed by atoms with Gasteiger partial charge in [-0.1, -0.05) is 18.2 Å². The quantitative estimate of drug-likeness (QED) is 0.926. The second-order valence-electron chi connectivity index (χ2n) is 5.78. The van der Waals surface area contributed by atoms with E-state index in [-0.39, 0.29) is 11.7 Å². The number of benzene rings is 2. The molecule has 4 nitrogen and oxygen atoms in total. The Labute approximate surface area is 133 Å². The summed E-state index contributed by atoms with van der Waals surface area (Å²) in [6.45, 7) is 0.355. The van der Waals surface area contributed by atoms with Crippen LogP contribution in [0, 0.1) is 17.1 Å². The molecule has 2 aromatic carbocycles. The van der Waals surface area contributed by atoms with E-state index in [1.165, 1.54) is 12.1 Å². The van der Waals surface area contributed by atoms with E-state index in [2.05, 4.69) is 0 Å². The molecule has 2 aromatic rings. The molecule has 0 radical (unpaired) electrons. The highest BCUT2D eigenvalue weighted by Gasteiger charge is 2.24. The lowest BCUT2D eigenvalue weighted by atomic mass is 9.93. The summed E-state index contributed by atoms with van der Waals surface area (Å²) in [4.78, 5) is 14.2. The molecule has 0 unspecified atom stereocenters. The molecule has 2 N–H and O–H groups in total. The molecule has 0 aromatic heterocycles. The average Bonchev–Trinajstić information content (AvgIpc) is 2.63. The van der Waals surface area contributed by atoms with E-state index in [0.29, 0.717) is 18.5 Å². The molecular formula is C18H16FN3O. The molecule has 0 aliphatic carbocycles. The minimum atomic E-state index is -0.604. The number of carbonyl (C=O) groups is 1. The first-order valence-electron chi connectivity index (χ1n) is 7.32. The van der Waals surface area contributed by atoms with Crippen molar-refractivity contribution in [3.05, 3.63) is 58.9 Å². The highest BCUT2D eigenvalue weighted by molar-refractivity contribution is 6.02. The first-order valence-corrected chi connectivity index (χ1v) is 7.32. The number of rotatable bonds is 2. The summed E-state index contributed by atoms with van der Waals surface area (Å²) >= 11 is 0. The van der Waals surface area contributed by atoms with E-state index in [1.807, 2.05) is 18.2 Å². The third kappa shape index (κ3) is 2.81. The third-order valence-corrected chi connectivity index (χ3v) is 4.05. The van der Waals surface area contributed by atoms with Crippen molar-refractivity contribution >= 4 is 5.91 Å². The van der Waals surface area contributed by atoms with Crippen LogP contribution >= 0.6 is 0 Å². The minimum Gasteiger partial charge on any atom is -0.337 e. The number of hydrogen-bond acceptors (Lipinski definition) is 3. The largest absolute Gasteiger partial charge is 0.337 e. The van der Waals surface area contributed by atoms with Crippen molar-refractivity contribution in [3.8, 4) is 17.2 Å². The number of nitrogens with two attached hydrogens (primary N) is 1. The van der Waals surface area contributed by atoms with Crippen LogP contribution in [0.2, 0.25) is 0 Å². The Morgan fingerprint density at radius 1 is 1.26 bits per heavy atom. The van der Waals surface area contributed by atoms with Crippen molar-refractivity contribution in [2.24, 2.45) is 5.73 Å². The van der Waals surface area contributed by atoms with Gasteiger partial charge in [0, 0.05) is 25.6 Å². The lowest BCUT2D eigenvalue weighted by Gasteiger charge is -2.15. The van der Waals surface area contributed by atoms with E-state index in [9.17, 15) is 9.18 Å². The van der Waals surface area contributed by atoms with E-state index >= 15 is 0 Å². The predicted octanol–water partition coefficient (Wildman–Crippen LogP) is 2.47. The first kappa shape index (κ1) is 15.2. The van der Waals surface area contributed by atoms with Crippen LogP contribution in [-0.4, -0.2) is 23.9 Å². The van der Waals surface area contributed by atoms with Gasteiger partial charge >= 0.3 is 0 Å². The molecular weight excluding hydrogens is 293 g/mol. The van der Waals surface area contributed by atoms with Gasteiger partial charge in [-0.15, -0.1) is 0 Å². The van der Waals surface area contributed by atoms with E-state index in [4.69, 9.17) is 11.0 Å². The van der Waals surface area contributed by atoms with Crippen LogP contribution in [0.1, 0.15) is 21.5 Å². The second kappa shape index (κ2) is 5.82. The highest BCUT2D eigenvalue weighted by Crippen LogP contribution is 2.33. The summed E-state index contributed by atoms with van der Waals surface area (Å²) in [6, 6.07) is 11.5. The smallest absolute Gasteiger partial charge is 0.254 e. The monoisotopic (exact) mass is 309 g/mol. The molecule has 0 spiro atoms. The summed E-state index contributed by atoms with van der Waals surface area (Å²) in [5, 5.41) is 8.84. The van der Waals surface area contributed by atoms with Crippen LogP contribution < -0.4 is 5.73 Å². The third-order valence-electron chi connectivity index (χ3n) is 4.05. The fraction of sp³-hybridized carbons (Fsp3) is 0.222. The summed E-state index contributed by atoms with van der Waals surface area (Å²) in [5.41, 5.74) is 9.48. The van der Waals surface area contributed by atoms with E-state index in [1.54, 1.807) is 24.1 Å². The fourth-order valence-corrected chi connectivity index (χ4v) is 2.92. The van der Waals surface area contributed by atoms with Crippen molar-refractivity contribution < 1.29 is 9.18 Å². The Kier molecular flexibility index (Phi) is 3.85. The van der Waals surface area contributed by atoms with Crippen LogP contribution in [0.4, 0.5) is 4.39 Å². The maximum absolute atomic E-state index is 13.5. The molecule has 1 atom stereocenters. The molecule has 23 heavy (non-hydrogen) atoms. The average molecular weight is 309 g/mol. The Hall–Kier alpha value is -2.71. The van der Waals surface area contributed by atoms with Gasteiger partial charge in [-0.05, 0) is 40.5 Å². The lowest BCUT2D eigenvalue weighted by molar-refractivity contribution is 0.0788. The van der Waals surface area contributed by atoms with E-state index < -0.39 is 6.04 Å². The molecule has 1 aliphatic heterocycles. The molecule has 1 amide bonds. The zero-order valence-electron chi connectivity index (χ0n) is 12.7. The molecule has 0 fully saturated rings. The molecule has 0 bridgehead atoms. The number of nitriles is 1. The molecule has 3 rings (SSSR count). The van der Waals surface area contributed by atoms with E-state index in [0.717, 1.165) is 22.3 Å². The van der Waals surface area contributed by atoms with Crippen molar-refractivity contribution in [3.63, 3.8) is 0 Å². The molecule has 0 saturated heterocycles. The number of amides is 1. The first-order chi connectivity index (χ1) is 11.0. The van der Waals surface area contributed by atoms with Gasteiger partial charge in [0.15, 0.2) is 0 Å². The SMILES string of the molecule is CN1Cc2cc(F)ccc2-c2ccc(C[C@H](N)C#N)cc2C1=O. The molecule has 116 valence electrons. The summed E-state index contributed by atoms with van der Waals surface area (Å²) in [7, 11) is 1.69. The maximum atomic E-state index is 13.5. The zero-order chi connectivity index (χ0) is 16.6. The summed E-state index contributed by atoms with van der Waals surface area (Å²) in [6.07, 6.45) is 0.386. The number of carbonyl (C=O) groups excluding carboxylic acids is 1. The van der Waals surface area contributed by atoms with Crippen LogP contribution in [0.15, 0.2) is 36.4 Å². The van der Waals surface area contributed by atoms with Crippen LogP contribution in [-0.2, 0) is 13.0 Å². The fourth-order valence-electron chi connectivity index (χ4n) is 2.92. The Balaban J connectivity index is 2.14. The second-order valence-corrected chi connectivity index (χ2v) is 5.78. The van der Waals surface area contributed by atoms with Gasteiger partial charge in [-0.2, -0.15) is 5.26 Å². The number of nitrogens with zero attached hydrogens (tertiary/aromatic N) is 2. The standard InChI is InChI=1S/C18H16FN3O/c1-22-10-12-8-13(19)3-5-15(12)16-4-2-11(6-14(21)9-20)7-17(16)18(22)23/h2-5,7-8,14H,6,10,21H2,1H3/t14-/m0/s1. The zero-order valence-corrected chi connectivity index (χ0v) is 12.7. The highest BCUT2D eigenvalue weighted by atomic mass is 19.1. The molecule has 0 saturated carbocycles. The summed E-state index contributed by atoms with van der Waals surface area (Å²) in [5.74, 6) is -0.436. The minimum absolute atomic E-state index is 0.121. The number of halogens is 1. The van der Waals surface area contributed by atoms with Gasteiger partial charge in [-0.3, -0.25) is 4.79 Å². The molecule has 1 heterocycles. The summed E-state index contributed by atoms with van der Waals surface area (Å²) < 4.78 is 13.5. The maximum Gasteiger partial charge on any atom is 0.254 e. The Morgan fingerprint density at radius 3 is 2.74 bits per heavy atom. The lowest BCUT2D eigenvalue weighted by Crippen LogP contribution is -2.25. The normalized spacial score (nSPS) is 14.5. The Bertz CT molecular complexity index is 826. The number of hydrogen-bond donors (Lipinski definition) is 1. The number of fused-ring (bicyclic) bond motifs is 3. The van der Waals surface area contributed by atoms with Gasteiger partial charge < -0.3 is 10.6 Å². The van der Waals surface area contributed by atoms with Crippen molar-refractivity contribution in [2.45, 2.75) is 19.0 Å². The van der Waals surface area contributed by atoms with Crippen molar-refractivity contribution in [1.29, 1.82) is 5.26 Å².